The molecule has 1 saturated heterocycles. The molecule has 2 rings (SSSR count). The van der Waals surface area contributed by atoms with E-state index in [1.54, 1.807) is 12.3 Å². The molecule has 1 unspecified atom stereocenters. The van der Waals surface area contributed by atoms with Crippen molar-refractivity contribution in [1.82, 2.24) is 15.6 Å². The fraction of sp³-hybridized carbons (Fsp3) is 0.538. The minimum Gasteiger partial charge on any atom is -0.352 e. The van der Waals surface area contributed by atoms with E-state index < -0.39 is 13.0 Å². The molecule has 1 aromatic heterocycles. The van der Waals surface area contributed by atoms with Crippen molar-refractivity contribution in [2.24, 2.45) is 4.99 Å². The summed E-state index contributed by atoms with van der Waals surface area (Å²) in [4.78, 5) is 9.75. The molecule has 9 heteroatoms. The molecule has 1 atom stereocenters. The number of nitrogens with zero attached hydrogens (tertiary/aromatic N) is 3. The highest BCUT2D eigenvalue weighted by molar-refractivity contribution is 14.0. The highest BCUT2D eigenvalue weighted by atomic mass is 127. The summed E-state index contributed by atoms with van der Waals surface area (Å²) in [5.41, 5.74) is 0. The van der Waals surface area contributed by atoms with Crippen LogP contribution in [0.4, 0.5) is 19.0 Å². The lowest BCUT2D eigenvalue weighted by Crippen LogP contribution is -2.45. The number of guanidine groups is 1. The molecule has 0 bridgehead atoms. The fourth-order valence-corrected chi connectivity index (χ4v) is 2.24. The molecule has 1 aliphatic heterocycles. The number of aromatic nitrogens is 1. The second kappa shape index (κ2) is 9.01. The van der Waals surface area contributed by atoms with Crippen LogP contribution in [0.3, 0.4) is 0 Å². The van der Waals surface area contributed by atoms with Gasteiger partial charge in [-0.25, -0.2) is 18.2 Å². The average molecular weight is 429 g/mol. The molecule has 5 nitrogen and oxygen atoms in total. The quantitative estimate of drug-likeness (QED) is 0.436. The Morgan fingerprint density at radius 1 is 1.55 bits per heavy atom. The number of aliphatic imine (C=N–C) groups is 1. The van der Waals surface area contributed by atoms with Crippen molar-refractivity contribution in [2.75, 3.05) is 31.6 Å². The van der Waals surface area contributed by atoms with Crippen molar-refractivity contribution in [1.29, 1.82) is 0 Å². The SMILES string of the molecule is CN=C(NCC(F)F)NC1CCN(c2ncccc2F)C1.I. The summed E-state index contributed by atoms with van der Waals surface area (Å²) in [5.74, 6) is 0.277. The van der Waals surface area contributed by atoms with Gasteiger partial charge in [0, 0.05) is 32.4 Å². The van der Waals surface area contributed by atoms with Crippen molar-refractivity contribution in [3.8, 4) is 0 Å². The third-order valence-electron chi connectivity index (χ3n) is 3.22. The van der Waals surface area contributed by atoms with Crippen molar-refractivity contribution in [2.45, 2.75) is 18.9 Å². The van der Waals surface area contributed by atoms with Crippen molar-refractivity contribution < 1.29 is 13.2 Å². The van der Waals surface area contributed by atoms with Crippen molar-refractivity contribution >= 4 is 35.8 Å². The summed E-state index contributed by atoms with van der Waals surface area (Å²) in [6, 6.07) is 2.92. The van der Waals surface area contributed by atoms with Gasteiger partial charge in [0.15, 0.2) is 17.6 Å². The van der Waals surface area contributed by atoms with Gasteiger partial charge < -0.3 is 15.5 Å². The maximum Gasteiger partial charge on any atom is 0.255 e. The smallest absolute Gasteiger partial charge is 0.255 e. The van der Waals surface area contributed by atoms with Crippen LogP contribution in [-0.2, 0) is 0 Å². The lowest BCUT2D eigenvalue weighted by atomic mass is 10.3. The van der Waals surface area contributed by atoms with E-state index in [0.29, 0.717) is 24.9 Å². The second-order valence-electron chi connectivity index (χ2n) is 4.73. The molecule has 22 heavy (non-hydrogen) atoms. The van der Waals surface area contributed by atoms with E-state index in [4.69, 9.17) is 0 Å². The lowest BCUT2D eigenvalue weighted by molar-refractivity contribution is 0.152. The minimum atomic E-state index is -2.44. The van der Waals surface area contributed by atoms with E-state index in [1.807, 2.05) is 4.90 Å². The topological polar surface area (TPSA) is 52.6 Å². The average Bonchev–Trinajstić information content (AvgIpc) is 2.92. The first kappa shape index (κ1) is 18.8. The van der Waals surface area contributed by atoms with Crippen LogP contribution in [0.25, 0.3) is 0 Å². The predicted molar refractivity (Wildman–Crippen MR) is 90.7 cm³/mol. The zero-order chi connectivity index (χ0) is 15.2. The molecule has 2 N–H and O–H groups in total. The van der Waals surface area contributed by atoms with E-state index in [-0.39, 0.29) is 35.8 Å². The number of hydrogen-bond donors (Lipinski definition) is 2. The second-order valence-corrected chi connectivity index (χ2v) is 4.73. The first-order valence-electron chi connectivity index (χ1n) is 6.71. The van der Waals surface area contributed by atoms with Crippen molar-refractivity contribution in [3.63, 3.8) is 0 Å². The van der Waals surface area contributed by atoms with Gasteiger partial charge in [-0.3, -0.25) is 4.99 Å². The van der Waals surface area contributed by atoms with Crippen LogP contribution >= 0.6 is 24.0 Å². The summed E-state index contributed by atoms with van der Waals surface area (Å²) in [6.07, 6.45) is -0.139. The Labute approximate surface area is 144 Å². The van der Waals surface area contributed by atoms with Crippen LogP contribution in [0.1, 0.15) is 6.42 Å². The van der Waals surface area contributed by atoms with Gasteiger partial charge in [0.2, 0.25) is 0 Å². The van der Waals surface area contributed by atoms with Gasteiger partial charge in [-0.2, -0.15) is 0 Å². The normalized spacial score (nSPS) is 18.3. The molecule has 124 valence electrons. The number of rotatable bonds is 4. The van der Waals surface area contributed by atoms with Gasteiger partial charge in [0.1, 0.15) is 0 Å². The van der Waals surface area contributed by atoms with Gasteiger partial charge in [0.25, 0.3) is 6.43 Å². The molecule has 0 amide bonds. The molecule has 0 aromatic carbocycles. The number of alkyl halides is 2. The summed E-state index contributed by atoms with van der Waals surface area (Å²) in [7, 11) is 1.52. The minimum absolute atomic E-state index is 0. The first-order chi connectivity index (χ1) is 10.1. The Balaban J connectivity index is 0.00000242. The molecule has 0 aliphatic carbocycles. The molecule has 0 saturated carbocycles. The number of nitrogens with one attached hydrogen (secondary N) is 2. The largest absolute Gasteiger partial charge is 0.352 e. The number of pyridine rings is 1. The van der Waals surface area contributed by atoms with Gasteiger partial charge in [-0.05, 0) is 18.6 Å². The molecule has 0 radical (unpaired) electrons. The summed E-state index contributed by atoms with van der Waals surface area (Å²) in [6.45, 7) is 0.742. The standard InChI is InChI=1S/C13H18F3N5.HI/c1-17-13(19-7-11(15)16)20-9-4-6-21(8-9)12-10(14)3-2-5-18-12;/h2-3,5,9,11H,4,6-8H2,1H3,(H2,17,19,20);1H. The summed E-state index contributed by atoms with van der Waals surface area (Å²) < 4.78 is 38.0. The molecule has 2 heterocycles. The van der Waals surface area contributed by atoms with E-state index >= 15 is 0 Å². The lowest BCUT2D eigenvalue weighted by Gasteiger charge is -2.19. The highest BCUT2D eigenvalue weighted by Gasteiger charge is 2.25. The zero-order valence-corrected chi connectivity index (χ0v) is 14.4. The van der Waals surface area contributed by atoms with Crippen LogP contribution in [0, 0.1) is 5.82 Å². The molecule has 1 fully saturated rings. The Morgan fingerprint density at radius 2 is 2.32 bits per heavy atom. The molecule has 0 spiro atoms. The van der Waals surface area contributed by atoms with Gasteiger partial charge >= 0.3 is 0 Å². The van der Waals surface area contributed by atoms with Gasteiger partial charge in [-0.1, -0.05) is 0 Å². The van der Waals surface area contributed by atoms with Crippen LogP contribution in [0.15, 0.2) is 23.3 Å². The van der Waals surface area contributed by atoms with Gasteiger partial charge in [0.05, 0.1) is 6.54 Å². The fourth-order valence-electron chi connectivity index (χ4n) is 2.24. The van der Waals surface area contributed by atoms with E-state index in [2.05, 4.69) is 20.6 Å². The Kier molecular flexibility index (Phi) is 7.69. The third-order valence-corrected chi connectivity index (χ3v) is 3.22. The number of anilines is 1. The third kappa shape index (κ3) is 5.18. The highest BCUT2D eigenvalue weighted by Crippen LogP contribution is 2.20. The number of hydrogen-bond acceptors (Lipinski definition) is 3. The maximum atomic E-state index is 13.7. The Bertz CT molecular complexity index is 500. The first-order valence-corrected chi connectivity index (χ1v) is 6.71. The molecule has 1 aliphatic rings. The van der Waals surface area contributed by atoms with Crippen molar-refractivity contribution in [3.05, 3.63) is 24.1 Å². The van der Waals surface area contributed by atoms with E-state index in [9.17, 15) is 13.2 Å². The summed E-state index contributed by atoms with van der Waals surface area (Å²) in [5, 5.41) is 5.60. The van der Waals surface area contributed by atoms with E-state index in [1.165, 1.54) is 13.1 Å². The van der Waals surface area contributed by atoms with E-state index in [0.717, 1.165) is 6.42 Å². The van der Waals surface area contributed by atoms with Crippen LogP contribution < -0.4 is 15.5 Å². The number of halogens is 4. The molecular weight excluding hydrogens is 410 g/mol. The van der Waals surface area contributed by atoms with Crippen LogP contribution in [0.5, 0.6) is 0 Å². The van der Waals surface area contributed by atoms with Gasteiger partial charge in [-0.15, -0.1) is 24.0 Å². The maximum absolute atomic E-state index is 13.7. The Hall–Kier alpha value is -1.26. The van der Waals surface area contributed by atoms with Crippen LogP contribution in [0.2, 0.25) is 0 Å². The van der Waals surface area contributed by atoms with Crippen LogP contribution in [-0.4, -0.2) is 50.1 Å². The Morgan fingerprint density at radius 3 is 2.95 bits per heavy atom. The predicted octanol–water partition coefficient (Wildman–Crippen LogP) is 1.85. The molecule has 1 aromatic rings. The molecular formula is C13H19F3IN5. The zero-order valence-electron chi connectivity index (χ0n) is 12.1. The monoisotopic (exact) mass is 429 g/mol. The summed E-state index contributed by atoms with van der Waals surface area (Å²) >= 11 is 0.